The Hall–Kier alpha value is -4.29. The van der Waals surface area contributed by atoms with Gasteiger partial charge in [0.1, 0.15) is 23.8 Å². The van der Waals surface area contributed by atoms with Gasteiger partial charge in [-0.15, -0.1) is 0 Å². The fourth-order valence-electron chi connectivity index (χ4n) is 6.09. The van der Waals surface area contributed by atoms with Crippen LogP contribution in [-0.2, 0) is 10.2 Å². The third-order valence-electron chi connectivity index (χ3n) is 8.12. The molecule has 0 saturated heterocycles. The molecule has 0 saturated carbocycles. The Labute approximate surface area is 241 Å². The smallest absolute Gasteiger partial charge is 0.221 e. The van der Waals surface area contributed by atoms with Crippen LogP contribution in [-0.4, -0.2) is 34.4 Å². The molecule has 0 aromatic heterocycles. The fourth-order valence-corrected chi connectivity index (χ4v) is 6.09. The summed E-state index contributed by atoms with van der Waals surface area (Å²) < 4.78 is 8.78. The number of phenolic OH excluding ortho intramolecular Hbond substituents is 1. The Morgan fingerprint density at radius 1 is 1.15 bits per heavy atom. The third kappa shape index (κ3) is 6.08. The summed E-state index contributed by atoms with van der Waals surface area (Å²) in [6.45, 7) is 7.42. The summed E-state index contributed by atoms with van der Waals surface area (Å²) in [5.74, 6) is 1.70. The average Bonchev–Trinajstić information content (AvgIpc) is 3.15. The van der Waals surface area contributed by atoms with Crippen LogP contribution < -0.4 is 10.1 Å². The first-order valence-electron chi connectivity index (χ1n) is 14.5. The first-order chi connectivity index (χ1) is 19.8. The highest BCUT2D eigenvalue weighted by atomic mass is 16.5. The summed E-state index contributed by atoms with van der Waals surface area (Å²) >= 11 is 0. The van der Waals surface area contributed by atoms with Crippen LogP contribution in [0.25, 0.3) is 16.5 Å². The van der Waals surface area contributed by atoms with Crippen LogP contribution in [0.15, 0.2) is 70.6 Å². The first kappa shape index (κ1) is 28.2. The minimum absolute atomic E-state index is 0.0839. The molecule has 0 spiro atoms. The summed E-state index contributed by atoms with van der Waals surface area (Å²) in [6, 6.07) is 11.5. The largest absolute Gasteiger partial charge is 0.508 e. The van der Waals surface area contributed by atoms with Crippen molar-refractivity contribution in [1.29, 1.82) is 0 Å². The van der Waals surface area contributed by atoms with Crippen molar-refractivity contribution in [3.8, 4) is 11.5 Å². The number of carbonyl (C=O) groups excluding carboxylic acids is 1. The topological polar surface area (TPSA) is 110 Å². The minimum Gasteiger partial charge on any atom is -0.508 e. The van der Waals surface area contributed by atoms with Crippen molar-refractivity contribution < 1.29 is 19.2 Å². The van der Waals surface area contributed by atoms with Crippen LogP contribution >= 0.6 is 0 Å². The van der Waals surface area contributed by atoms with Gasteiger partial charge < -0.3 is 15.2 Å². The first-order valence-corrected chi connectivity index (χ1v) is 14.5. The SMILES string of the molecule is CC(=O)Nc1ccc2c(c1)C(C)(C)C(/C=C/C1=C3Oc4cc(O)ccc4C=C3CCC1)=[N+]2CCCCCCN=[N+]=[N-]. The number of azide groups is 1. The van der Waals surface area contributed by atoms with Crippen LogP contribution in [0.3, 0.4) is 0 Å². The van der Waals surface area contributed by atoms with Gasteiger partial charge in [-0.3, -0.25) is 4.79 Å². The van der Waals surface area contributed by atoms with Gasteiger partial charge in [-0.05, 0) is 99.0 Å². The lowest BCUT2D eigenvalue weighted by Crippen LogP contribution is -2.28. The highest BCUT2D eigenvalue weighted by Gasteiger charge is 2.44. The van der Waals surface area contributed by atoms with Crippen molar-refractivity contribution in [3.05, 3.63) is 87.0 Å². The number of hydrogen-bond acceptors (Lipinski definition) is 4. The van der Waals surface area contributed by atoms with Crippen molar-refractivity contribution in [2.24, 2.45) is 5.11 Å². The molecule has 2 heterocycles. The Balaban J connectivity index is 1.47. The van der Waals surface area contributed by atoms with Crippen LogP contribution in [0.2, 0.25) is 0 Å². The molecule has 2 N–H and O–H groups in total. The number of hydrogen-bond donors (Lipinski definition) is 2. The number of phenols is 1. The predicted molar refractivity (Wildman–Crippen MR) is 163 cm³/mol. The summed E-state index contributed by atoms with van der Waals surface area (Å²) in [4.78, 5) is 14.6. The van der Waals surface area contributed by atoms with Gasteiger partial charge in [0.2, 0.25) is 11.6 Å². The Morgan fingerprint density at radius 3 is 2.78 bits per heavy atom. The van der Waals surface area contributed by atoms with E-state index in [1.165, 1.54) is 23.8 Å². The number of nitrogens with zero attached hydrogens (tertiary/aromatic N) is 4. The zero-order valence-corrected chi connectivity index (χ0v) is 24.1. The monoisotopic (exact) mass is 552 g/mol. The molecule has 0 unspecified atom stereocenters. The second-order valence-electron chi connectivity index (χ2n) is 11.5. The van der Waals surface area contributed by atoms with E-state index in [9.17, 15) is 9.90 Å². The van der Waals surface area contributed by atoms with Crippen LogP contribution in [0, 0.1) is 0 Å². The van der Waals surface area contributed by atoms with Crippen LogP contribution in [0.1, 0.15) is 76.8 Å². The molecule has 8 heteroatoms. The van der Waals surface area contributed by atoms with E-state index in [1.807, 2.05) is 12.1 Å². The molecule has 41 heavy (non-hydrogen) atoms. The van der Waals surface area contributed by atoms with Gasteiger partial charge in [-0.1, -0.05) is 11.5 Å². The Kier molecular flexibility index (Phi) is 8.31. The highest BCUT2D eigenvalue weighted by Crippen LogP contribution is 2.43. The zero-order valence-electron chi connectivity index (χ0n) is 24.1. The molecule has 2 aromatic rings. The molecule has 3 aliphatic rings. The molecule has 2 aliphatic heterocycles. The number of benzene rings is 2. The number of fused-ring (bicyclic) bond motifs is 3. The maximum atomic E-state index is 11.8. The summed E-state index contributed by atoms with van der Waals surface area (Å²) in [6.07, 6.45) is 13.6. The quantitative estimate of drug-likeness (QED) is 0.102. The number of amides is 1. The van der Waals surface area contributed by atoms with Gasteiger partial charge in [-0.2, -0.15) is 4.58 Å². The molecule has 1 aliphatic carbocycles. The lowest BCUT2D eigenvalue weighted by molar-refractivity contribution is -0.438. The second kappa shape index (κ2) is 12.1. The molecule has 0 radical (unpaired) electrons. The van der Waals surface area contributed by atoms with Crippen molar-refractivity contribution >= 4 is 29.1 Å². The summed E-state index contributed by atoms with van der Waals surface area (Å²) in [7, 11) is 0. The third-order valence-corrected chi connectivity index (χ3v) is 8.12. The van der Waals surface area contributed by atoms with Crippen molar-refractivity contribution in [1.82, 2.24) is 0 Å². The molecular formula is C33H38N5O3+. The fraction of sp³-hybridized carbons (Fsp3) is 0.394. The molecule has 5 rings (SSSR count). The Morgan fingerprint density at radius 2 is 1.98 bits per heavy atom. The van der Waals surface area contributed by atoms with Gasteiger partial charge in [-0.25, -0.2) is 0 Å². The van der Waals surface area contributed by atoms with Gasteiger partial charge >= 0.3 is 0 Å². The van der Waals surface area contributed by atoms with Crippen LogP contribution in [0.4, 0.5) is 11.4 Å². The molecule has 0 fully saturated rings. The van der Waals surface area contributed by atoms with Crippen molar-refractivity contribution in [2.75, 3.05) is 18.4 Å². The molecule has 0 atom stereocenters. The molecule has 2 aromatic carbocycles. The van der Waals surface area contributed by atoms with E-state index in [4.69, 9.17) is 10.3 Å². The number of aromatic hydroxyl groups is 1. The molecular weight excluding hydrogens is 514 g/mol. The van der Waals surface area contributed by atoms with E-state index >= 15 is 0 Å². The maximum Gasteiger partial charge on any atom is 0.221 e. The van der Waals surface area contributed by atoms with Gasteiger partial charge in [0.05, 0.1) is 5.41 Å². The number of allylic oxidation sites excluding steroid dienone is 4. The normalized spacial score (nSPS) is 16.9. The number of anilines is 1. The molecule has 8 nitrogen and oxygen atoms in total. The van der Waals surface area contributed by atoms with Gasteiger partial charge in [0, 0.05) is 59.8 Å². The van der Waals surface area contributed by atoms with Crippen molar-refractivity contribution in [2.45, 2.75) is 71.1 Å². The van der Waals surface area contributed by atoms with E-state index in [1.54, 1.807) is 12.1 Å². The summed E-state index contributed by atoms with van der Waals surface area (Å²) in [5, 5.41) is 16.6. The van der Waals surface area contributed by atoms with Gasteiger partial charge in [0.25, 0.3) is 0 Å². The van der Waals surface area contributed by atoms with E-state index in [0.29, 0.717) is 12.3 Å². The molecule has 0 bridgehead atoms. The number of carbonyl (C=O) groups is 1. The molecule has 1 amide bonds. The second-order valence-corrected chi connectivity index (χ2v) is 11.5. The maximum absolute atomic E-state index is 11.8. The van der Waals surface area contributed by atoms with E-state index in [-0.39, 0.29) is 17.1 Å². The van der Waals surface area contributed by atoms with Crippen LogP contribution in [0.5, 0.6) is 11.5 Å². The number of ether oxygens (including phenoxy) is 1. The number of rotatable bonds is 10. The highest BCUT2D eigenvalue weighted by molar-refractivity contribution is 6.04. The van der Waals surface area contributed by atoms with Gasteiger partial charge in [0.15, 0.2) is 5.71 Å². The minimum atomic E-state index is -0.272. The average molecular weight is 553 g/mol. The number of nitrogens with one attached hydrogen (secondary N) is 1. The lowest BCUT2D eigenvalue weighted by atomic mass is 9.80. The Bertz CT molecular complexity index is 1540. The molecule has 212 valence electrons. The standard InChI is InChI=1S/C33H37N5O3/c1-22(39)36-26-13-15-29-28(20-26)33(2,3)31(38(29)18-7-5-4-6-17-35-37-34)16-12-23-9-8-10-25-19-24-11-14-27(40)21-30(24)41-32(23)25/h11-16,19-21H,4-10,17-18H2,1-3H3,(H,36,39)/p+1. The predicted octanol–water partition coefficient (Wildman–Crippen LogP) is 8.07. The van der Waals surface area contributed by atoms with Crippen molar-refractivity contribution in [3.63, 3.8) is 0 Å². The van der Waals surface area contributed by atoms with E-state index in [0.717, 1.165) is 79.8 Å². The van der Waals surface area contributed by atoms with E-state index < -0.39 is 0 Å². The van der Waals surface area contributed by atoms with E-state index in [2.05, 4.69) is 64.1 Å². The lowest BCUT2D eigenvalue weighted by Gasteiger charge is -2.26. The summed E-state index contributed by atoms with van der Waals surface area (Å²) in [5.41, 5.74) is 16.0. The number of unbranched alkanes of at least 4 members (excludes halogenated alkanes) is 3. The zero-order chi connectivity index (χ0) is 29.0.